The van der Waals surface area contributed by atoms with Crippen molar-refractivity contribution in [2.45, 2.75) is 59.2 Å². The molecule has 2 aliphatic heterocycles. The lowest BCUT2D eigenvalue weighted by Crippen LogP contribution is -2.44. The highest BCUT2D eigenvalue weighted by atomic mass is 16.5. The highest BCUT2D eigenvalue weighted by Crippen LogP contribution is 2.50. The third-order valence-corrected chi connectivity index (χ3v) is 8.06. The summed E-state index contributed by atoms with van der Waals surface area (Å²) in [6, 6.07) is 21.2. The summed E-state index contributed by atoms with van der Waals surface area (Å²) in [7, 11) is 0. The van der Waals surface area contributed by atoms with E-state index in [4.69, 9.17) is 15.2 Å². The Morgan fingerprint density at radius 3 is 2.09 bits per heavy atom. The molecule has 0 spiro atoms. The van der Waals surface area contributed by atoms with Gasteiger partial charge in [0.25, 0.3) is 0 Å². The molecule has 2 aromatic rings. The van der Waals surface area contributed by atoms with Gasteiger partial charge in [0.15, 0.2) is 0 Å². The van der Waals surface area contributed by atoms with Gasteiger partial charge in [-0.25, -0.2) is 0 Å². The van der Waals surface area contributed by atoms with Crippen molar-refractivity contribution in [3.63, 3.8) is 0 Å². The predicted octanol–water partition coefficient (Wildman–Crippen LogP) is 6.48. The first-order chi connectivity index (χ1) is 16.9. The quantitative estimate of drug-likeness (QED) is 0.525. The summed E-state index contributed by atoms with van der Waals surface area (Å²) in [6.45, 7) is 11.6. The van der Waals surface area contributed by atoms with E-state index in [1.54, 1.807) is 0 Å². The van der Waals surface area contributed by atoms with Crippen LogP contribution in [0.5, 0.6) is 0 Å². The van der Waals surface area contributed by atoms with E-state index in [0.717, 1.165) is 56.1 Å². The third-order valence-electron chi connectivity index (χ3n) is 8.06. The third kappa shape index (κ3) is 4.70. The summed E-state index contributed by atoms with van der Waals surface area (Å²) >= 11 is 0. The molecule has 4 nitrogen and oxygen atoms in total. The van der Waals surface area contributed by atoms with Crippen molar-refractivity contribution in [2.24, 2.45) is 11.1 Å². The molecule has 1 fully saturated rings. The van der Waals surface area contributed by atoms with Gasteiger partial charge in [0.1, 0.15) is 17.6 Å². The summed E-state index contributed by atoms with van der Waals surface area (Å²) in [5.74, 6) is 1.98. The minimum absolute atomic E-state index is 0.0299. The van der Waals surface area contributed by atoms with Gasteiger partial charge >= 0.3 is 0 Å². The molecule has 2 aromatic carbocycles. The molecule has 5 rings (SSSR count). The van der Waals surface area contributed by atoms with Crippen LogP contribution in [-0.4, -0.2) is 30.6 Å². The highest BCUT2D eigenvalue weighted by molar-refractivity contribution is 5.58. The molecule has 0 bridgehead atoms. The van der Waals surface area contributed by atoms with Crippen LogP contribution < -0.4 is 5.73 Å². The lowest BCUT2D eigenvalue weighted by Gasteiger charge is -2.38. The summed E-state index contributed by atoms with van der Waals surface area (Å²) < 4.78 is 12.8. The van der Waals surface area contributed by atoms with E-state index in [0.29, 0.717) is 0 Å². The smallest absolute Gasteiger partial charge is 0.108 e. The summed E-state index contributed by atoms with van der Waals surface area (Å²) in [5, 5.41) is 0. The zero-order valence-electron chi connectivity index (χ0n) is 21.5. The van der Waals surface area contributed by atoms with Crippen LogP contribution in [0.15, 0.2) is 94.6 Å². The Kier molecular flexibility index (Phi) is 6.61. The fraction of sp³-hybridized carbons (Fsp3) is 0.419. The van der Waals surface area contributed by atoms with Crippen LogP contribution in [0.3, 0.4) is 0 Å². The predicted molar refractivity (Wildman–Crippen MR) is 141 cm³/mol. The largest absolute Gasteiger partial charge is 0.466 e. The number of allylic oxidation sites excluding steroid dienone is 5. The van der Waals surface area contributed by atoms with Crippen molar-refractivity contribution in [3.05, 3.63) is 106 Å². The highest BCUT2D eigenvalue weighted by Gasteiger charge is 2.43. The SMILES string of the molecule is CC1=C(C)C2=C(N)C(C)(CN3CCC(OC(c4ccccc4)c4ccccc4)CC3)CC2=C(C)O1. The van der Waals surface area contributed by atoms with Gasteiger partial charge in [-0.15, -0.1) is 0 Å². The van der Waals surface area contributed by atoms with Crippen molar-refractivity contribution in [1.82, 2.24) is 4.90 Å². The summed E-state index contributed by atoms with van der Waals surface area (Å²) in [4.78, 5) is 2.58. The molecule has 2 N–H and O–H groups in total. The first-order valence-electron chi connectivity index (χ1n) is 12.9. The molecule has 1 unspecified atom stereocenters. The maximum absolute atomic E-state index is 6.83. The van der Waals surface area contributed by atoms with E-state index in [1.807, 2.05) is 6.92 Å². The molecule has 35 heavy (non-hydrogen) atoms. The van der Waals surface area contributed by atoms with Gasteiger partial charge in [-0.1, -0.05) is 67.6 Å². The molecule has 0 radical (unpaired) electrons. The fourth-order valence-corrected chi connectivity index (χ4v) is 5.95. The Balaban J connectivity index is 1.26. The van der Waals surface area contributed by atoms with Crippen LogP contribution >= 0.6 is 0 Å². The molecule has 3 aliphatic rings. The molecule has 184 valence electrons. The van der Waals surface area contributed by atoms with E-state index < -0.39 is 0 Å². The molecular formula is C31H38N2O2. The monoisotopic (exact) mass is 470 g/mol. The van der Waals surface area contributed by atoms with Crippen LogP contribution in [0.2, 0.25) is 0 Å². The lowest BCUT2D eigenvalue weighted by molar-refractivity contribution is -0.0306. The zero-order chi connectivity index (χ0) is 24.6. The van der Waals surface area contributed by atoms with Gasteiger partial charge in [0.2, 0.25) is 0 Å². The van der Waals surface area contributed by atoms with Crippen molar-refractivity contribution in [2.75, 3.05) is 19.6 Å². The molecule has 0 saturated carbocycles. The average Bonchev–Trinajstić information content (AvgIpc) is 3.14. The zero-order valence-corrected chi connectivity index (χ0v) is 21.5. The first kappa shape index (κ1) is 23.9. The standard InChI is InChI=1S/C31H38N2O2/c1-21-22(2)34-23(3)27-19-31(4,30(32)28(21)27)20-33-17-15-26(16-18-33)35-29(24-11-7-5-8-12-24)25-13-9-6-10-14-25/h5-14,26,29H,15-20,32H2,1-4H3. The maximum Gasteiger partial charge on any atom is 0.108 e. The molecule has 2 heterocycles. The Morgan fingerprint density at radius 2 is 1.51 bits per heavy atom. The van der Waals surface area contributed by atoms with E-state index in [-0.39, 0.29) is 17.6 Å². The topological polar surface area (TPSA) is 47.7 Å². The molecular weight excluding hydrogens is 432 g/mol. The van der Waals surface area contributed by atoms with Crippen LogP contribution in [0.25, 0.3) is 0 Å². The molecule has 0 aromatic heterocycles. The van der Waals surface area contributed by atoms with E-state index in [1.165, 1.54) is 27.8 Å². The number of nitrogens with two attached hydrogens (primary N) is 1. The number of likely N-dealkylation sites (tertiary alicyclic amines) is 1. The summed E-state index contributed by atoms with van der Waals surface area (Å²) in [5.41, 5.74) is 13.9. The molecule has 1 saturated heterocycles. The number of rotatable bonds is 6. The van der Waals surface area contributed by atoms with Gasteiger partial charge in [-0.2, -0.15) is 0 Å². The van der Waals surface area contributed by atoms with Gasteiger partial charge in [-0.3, -0.25) is 0 Å². The number of piperidine rings is 1. The van der Waals surface area contributed by atoms with Crippen molar-refractivity contribution in [1.29, 1.82) is 0 Å². The minimum Gasteiger partial charge on any atom is -0.466 e. The van der Waals surface area contributed by atoms with Crippen LogP contribution in [0.4, 0.5) is 0 Å². The molecule has 1 atom stereocenters. The maximum atomic E-state index is 6.83. The Labute approximate surface area is 210 Å². The number of hydrogen-bond donors (Lipinski definition) is 1. The van der Waals surface area contributed by atoms with E-state index in [2.05, 4.69) is 86.3 Å². The Bertz CT molecular complexity index is 1120. The second-order valence-electron chi connectivity index (χ2n) is 10.7. The Hall–Kier alpha value is -2.82. The number of ether oxygens (including phenoxy) is 2. The summed E-state index contributed by atoms with van der Waals surface area (Å²) in [6.07, 6.45) is 3.23. The number of hydrogen-bond acceptors (Lipinski definition) is 4. The molecule has 0 amide bonds. The van der Waals surface area contributed by atoms with Gasteiger partial charge in [0.05, 0.1) is 6.10 Å². The van der Waals surface area contributed by atoms with Crippen LogP contribution in [0, 0.1) is 5.41 Å². The van der Waals surface area contributed by atoms with Crippen LogP contribution in [-0.2, 0) is 9.47 Å². The number of benzene rings is 2. The molecule has 4 heteroatoms. The first-order valence-corrected chi connectivity index (χ1v) is 12.9. The minimum atomic E-state index is -0.0640. The second kappa shape index (κ2) is 9.67. The van der Waals surface area contributed by atoms with Gasteiger partial charge in [-0.05, 0) is 56.7 Å². The number of nitrogens with zero attached hydrogens (tertiary/aromatic N) is 1. The van der Waals surface area contributed by atoms with Crippen LogP contribution in [0.1, 0.15) is 64.2 Å². The second-order valence-corrected chi connectivity index (χ2v) is 10.7. The average molecular weight is 471 g/mol. The van der Waals surface area contributed by atoms with Crippen molar-refractivity contribution >= 4 is 0 Å². The lowest BCUT2D eigenvalue weighted by atomic mass is 9.85. The van der Waals surface area contributed by atoms with E-state index >= 15 is 0 Å². The number of fused-ring (bicyclic) bond motifs is 1. The van der Waals surface area contributed by atoms with Crippen molar-refractivity contribution < 1.29 is 9.47 Å². The van der Waals surface area contributed by atoms with Gasteiger partial charge < -0.3 is 20.1 Å². The normalized spacial score (nSPS) is 23.8. The Morgan fingerprint density at radius 1 is 0.943 bits per heavy atom. The van der Waals surface area contributed by atoms with Gasteiger partial charge in [0, 0.05) is 41.9 Å². The molecule has 1 aliphatic carbocycles. The van der Waals surface area contributed by atoms with Crippen molar-refractivity contribution in [3.8, 4) is 0 Å². The van der Waals surface area contributed by atoms with E-state index in [9.17, 15) is 0 Å². The fourth-order valence-electron chi connectivity index (χ4n) is 5.95.